The molecule has 1 amide bonds. The van der Waals surface area contributed by atoms with Gasteiger partial charge in [0.2, 0.25) is 0 Å². The van der Waals surface area contributed by atoms with E-state index in [1.54, 1.807) is 0 Å². The number of hydrogen-bond donors (Lipinski definition) is 2. The molecule has 0 aromatic heterocycles. The van der Waals surface area contributed by atoms with Gasteiger partial charge in [0.15, 0.2) is 0 Å². The summed E-state index contributed by atoms with van der Waals surface area (Å²) in [5.74, 6) is -1.17. The molecule has 0 heterocycles. The van der Waals surface area contributed by atoms with E-state index in [9.17, 15) is 9.59 Å². The van der Waals surface area contributed by atoms with Gasteiger partial charge in [-0.05, 0) is 37.6 Å². The number of carboxylic acids is 1. The minimum Gasteiger partial charge on any atom is -0.478 e. The summed E-state index contributed by atoms with van der Waals surface area (Å²) in [7, 11) is 0. The fourth-order valence-corrected chi connectivity index (χ4v) is 1.17. The van der Waals surface area contributed by atoms with Crippen molar-refractivity contribution in [3.05, 3.63) is 35.4 Å². The molecule has 0 radical (unpaired) electrons. The summed E-state index contributed by atoms with van der Waals surface area (Å²) in [5.41, 5.74) is 0.658. The van der Waals surface area contributed by atoms with E-state index in [1.165, 1.54) is 24.3 Å². The van der Waals surface area contributed by atoms with Crippen molar-refractivity contribution in [1.29, 1.82) is 0 Å². The maximum Gasteiger partial charge on any atom is 0.335 e. The molecule has 16 heavy (non-hydrogen) atoms. The Morgan fingerprint density at radius 2 is 1.75 bits per heavy atom. The molecule has 0 unspecified atom stereocenters. The van der Waals surface area contributed by atoms with Crippen molar-refractivity contribution in [2.45, 2.75) is 26.3 Å². The van der Waals surface area contributed by atoms with E-state index < -0.39 is 5.97 Å². The summed E-state index contributed by atoms with van der Waals surface area (Å²) in [6.07, 6.45) is 0.860. The fraction of sp³-hybridized carbons (Fsp3) is 0.333. The first-order chi connectivity index (χ1) is 7.54. The average molecular weight is 221 g/mol. The summed E-state index contributed by atoms with van der Waals surface area (Å²) in [6.45, 7) is 3.90. The van der Waals surface area contributed by atoms with Crippen LogP contribution < -0.4 is 5.32 Å². The van der Waals surface area contributed by atoms with E-state index in [-0.39, 0.29) is 17.5 Å². The fourth-order valence-electron chi connectivity index (χ4n) is 1.17. The molecular weight excluding hydrogens is 206 g/mol. The summed E-state index contributed by atoms with van der Waals surface area (Å²) in [4.78, 5) is 22.2. The van der Waals surface area contributed by atoms with Crippen LogP contribution in [0, 0.1) is 0 Å². The molecule has 0 saturated heterocycles. The van der Waals surface area contributed by atoms with Crippen molar-refractivity contribution in [3.8, 4) is 0 Å². The van der Waals surface area contributed by atoms with Crippen LogP contribution in [0.5, 0.6) is 0 Å². The molecule has 1 aromatic rings. The number of carboxylic acid groups (broad SMARTS) is 1. The van der Waals surface area contributed by atoms with Gasteiger partial charge in [0, 0.05) is 11.6 Å². The molecule has 2 N–H and O–H groups in total. The number of hydrogen-bond acceptors (Lipinski definition) is 2. The minimum absolute atomic E-state index is 0.117. The van der Waals surface area contributed by atoms with E-state index in [0.29, 0.717) is 5.56 Å². The summed E-state index contributed by atoms with van der Waals surface area (Å²) in [5, 5.41) is 11.5. The molecule has 0 bridgehead atoms. The SMILES string of the molecule is CC[C@H](C)NC(=O)c1ccc(C(=O)O)cc1. The lowest BCUT2D eigenvalue weighted by atomic mass is 10.1. The van der Waals surface area contributed by atoms with E-state index in [4.69, 9.17) is 5.11 Å². The van der Waals surface area contributed by atoms with Gasteiger partial charge in [-0.1, -0.05) is 6.92 Å². The number of nitrogens with one attached hydrogen (secondary N) is 1. The second-order valence-electron chi connectivity index (χ2n) is 3.67. The van der Waals surface area contributed by atoms with Crippen molar-refractivity contribution in [2.24, 2.45) is 0 Å². The standard InChI is InChI=1S/C12H15NO3/c1-3-8(2)13-11(14)9-4-6-10(7-5-9)12(15)16/h4-8H,3H2,1-2H3,(H,13,14)(H,15,16)/t8-/m0/s1. The van der Waals surface area contributed by atoms with E-state index in [1.807, 2.05) is 13.8 Å². The third-order valence-electron chi connectivity index (χ3n) is 2.38. The van der Waals surface area contributed by atoms with Crippen molar-refractivity contribution < 1.29 is 14.7 Å². The van der Waals surface area contributed by atoms with E-state index in [2.05, 4.69) is 5.32 Å². The Balaban J connectivity index is 2.74. The van der Waals surface area contributed by atoms with Crippen LogP contribution in [0.25, 0.3) is 0 Å². The highest BCUT2D eigenvalue weighted by Crippen LogP contribution is 2.05. The zero-order valence-corrected chi connectivity index (χ0v) is 9.36. The lowest BCUT2D eigenvalue weighted by molar-refractivity contribution is 0.0696. The number of benzene rings is 1. The Labute approximate surface area is 94.3 Å². The lowest BCUT2D eigenvalue weighted by Gasteiger charge is -2.11. The molecule has 4 heteroatoms. The number of rotatable bonds is 4. The van der Waals surface area contributed by atoms with Gasteiger partial charge in [0.25, 0.3) is 5.91 Å². The summed E-state index contributed by atoms with van der Waals surface area (Å²) >= 11 is 0. The van der Waals surface area contributed by atoms with Crippen LogP contribution in [0.3, 0.4) is 0 Å². The Morgan fingerprint density at radius 1 is 1.25 bits per heavy atom. The molecule has 86 valence electrons. The third-order valence-corrected chi connectivity index (χ3v) is 2.38. The second-order valence-corrected chi connectivity index (χ2v) is 3.67. The van der Waals surface area contributed by atoms with Crippen molar-refractivity contribution in [2.75, 3.05) is 0 Å². The van der Waals surface area contributed by atoms with Crippen LogP contribution in [0.1, 0.15) is 41.0 Å². The van der Waals surface area contributed by atoms with Crippen LogP contribution >= 0.6 is 0 Å². The number of carbonyl (C=O) groups is 2. The second kappa shape index (κ2) is 5.30. The Morgan fingerprint density at radius 3 is 2.19 bits per heavy atom. The number of aromatic carboxylic acids is 1. The lowest BCUT2D eigenvalue weighted by Crippen LogP contribution is -2.31. The van der Waals surface area contributed by atoms with Crippen LogP contribution in [0.4, 0.5) is 0 Å². The first kappa shape index (κ1) is 12.2. The average Bonchev–Trinajstić information content (AvgIpc) is 2.28. The molecule has 0 saturated carbocycles. The predicted octanol–water partition coefficient (Wildman–Crippen LogP) is 1.91. The summed E-state index contributed by atoms with van der Waals surface area (Å²) in [6, 6.07) is 6.00. The van der Waals surface area contributed by atoms with Gasteiger partial charge in [-0.2, -0.15) is 0 Å². The monoisotopic (exact) mass is 221 g/mol. The largest absolute Gasteiger partial charge is 0.478 e. The molecule has 4 nitrogen and oxygen atoms in total. The maximum atomic E-state index is 11.6. The van der Waals surface area contributed by atoms with Gasteiger partial charge in [-0.3, -0.25) is 4.79 Å². The molecular formula is C12H15NO3. The normalized spacial score (nSPS) is 11.9. The molecule has 0 aliphatic carbocycles. The van der Waals surface area contributed by atoms with Crippen LogP contribution in [-0.4, -0.2) is 23.0 Å². The first-order valence-corrected chi connectivity index (χ1v) is 5.18. The Hall–Kier alpha value is -1.84. The molecule has 0 aliphatic rings. The number of amides is 1. The zero-order chi connectivity index (χ0) is 12.1. The van der Waals surface area contributed by atoms with Gasteiger partial charge in [0.1, 0.15) is 0 Å². The van der Waals surface area contributed by atoms with Crippen LogP contribution in [-0.2, 0) is 0 Å². The minimum atomic E-state index is -0.992. The highest BCUT2D eigenvalue weighted by Gasteiger charge is 2.09. The van der Waals surface area contributed by atoms with Gasteiger partial charge < -0.3 is 10.4 Å². The molecule has 1 rings (SSSR count). The van der Waals surface area contributed by atoms with Crippen LogP contribution in [0.15, 0.2) is 24.3 Å². The van der Waals surface area contributed by atoms with Crippen molar-refractivity contribution >= 4 is 11.9 Å². The highest BCUT2D eigenvalue weighted by molar-refractivity contribution is 5.95. The van der Waals surface area contributed by atoms with Crippen molar-refractivity contribution in [1.82, 2.24) is 5.32 Å². The third kappa shape index (κ3) is 3.08. The van der Waals surface area contributed by atoms with Gasteiger partial charge >= 0.3 is 5.97 Å². The van der Waals surface area contributed by atoms with E-state index in [0.717, 1.165) is 6.42 Å². The molecule has 0 fully saturated rings. The Kier molecular flexibility index (Phi) is 4.05. The molecule has 1 atom stereocenters. The topological polar surface area (TPSA) is 66.4 Å². The highest BCUT2D eigenvalue weighted by atomic mass is 16.4. The van der Waals surface area contributed by atoms with Gasteiger partial charge in [0.05, 0.1) is 5.56 Å². The molecule has 0 spiro atoms. The smallest absolute Gasteiger partial charge is 0.335 e. The predicted molar refractivity (Wildman–Crippen MR) is 60.6 cm³/mol. The quantitative estimate of drug-likeness (QED) is 0.816. The first-order valence-electron chi connectivity index (χ1n) is 5.18. The van der Waals surface area contributed by atoms with Crippen molar-refractivity contribution in [3.63, 3.8) is 0 Å². The molecule has 1 aromatic carbocycles. The van der Waals surface area contributed by atoms with Gasteiger partial charge in [-0.25, -0.2) is 4.79 Å². The van der Waals surface area contributed by atoms with E-state index >= 15 is 0 Å². The Bertz CT molecular complexity index is 384. The van der Waals surface area contributed by atoms with Gasteiger partial charge in [-0.15, -0.1) is 0 Å². The summed E-state index contributed by atoms with van der Waals surface area (Å²) < 4.78 is 0. The number of carbonyl (C=O) groups excluding carboxylic acids is 1. The molecule has 0 aliphatic heterocycles. The maximum absolute atomic E-state index is 11.6. The zero-order valence-electron chi connectivity index (χ0n) is 9.36. The van der Waals surface area contributed by atoms with Crippen LogP contribution in [0.2, 0.25) is 0 Å².